The van der Waals surface area contributed by atoms with Crippen LogP contribution in [0, 0.1) is 22.5 Å². The average Bonchev–Trinajstić information content (AvgIpc) is 2.92. The lowest BCUT2D eigenvalue weighted by Crippen LogP contribution is -2.35. The molecule has 0 saturated heterocycles. The molecule has 0 bridgehead atoms. The van der Waals surface area contributed by atoms with Crippen LogP contribution in [0.1, 0.15) is 16.7 Å². The van der Waals surface area contributed by atoms with Crippen molar-refractivity contribution in [3.8, 4) is 23.0 Å². The molecule has 0 saturated carbocycles. The largest absolute Gasteiger partial charge is 0.497 e. The van der Waals surface area contributed by atoms with E-state index in [0.29, 0.717) is 27.4 Å². The summed E-state index contributed by atoms with van der Waals surface area (Å²) in [6.45, 7) is -0.668. The zero-order chi connectivity index (χ0) is 32.3. The maximum absolute atomic E-state index is 15.2. The van der Waals surface area contributed by atoms with Crippen LogP contribution in [0.5, 0.6) is 23.0 Å². The molecule has 8 nitrogen and oxygen atoms in total. The van der Waals surface area contributed by atoms with Crippen molar-refractivity contribution in [3.63, 3.8) is 0 Å². The first-order valence-electron chi connectivity index (χ1n) is 11.4. The Morgan fingerprint density at radius 1 is 0.860 bits per heavy atom. The average molecular weight is 658 g/mol. The Morgan fingerprint density at radius 3 is 1.98 bits per heavy atom. The van der Waals surface area contributed by atoms with E-state index in [1.54, 1.807) is 0 Å². The predicted molar refractivity (Wildman–Crippen MR) is 139 cm³/mol. The summed E-state index contributed by atoms with van der Waals surface area (Å²) in [5, 5.41) is 14.5. The first kappa shape index (κ1) is 33.4. The van der Waals surface area contributed by atoms with Crippen molar-refractivity contribution in [2.45, 2.75) is 23.8 Å². The molecular formula is C25H19F8N3O5S2. The highest BCUT2D eigenvalue weighted by molar-refractivity contribution is 8.25. The molecule has 3 rings (SSSR count). The highest BCUT2D eigenvalue weighted by Crippen LogP contribution is 2.40. The number of thioether (sulfide) groups is 1. The molecule has 0 spiro atoms. The van der Waals surface area contributed by atoms with Gasteiger partial charge in [-0.25, -0.2) is 21.5 Å². The minimum atomic E-state index is -5.25. The number of hydrogen-bond donors (Lipinski definition) is 2. The fourth-order valence-corrected chi connectivity index (χ4v) is 5.57. The monoisotopic (exact) mass is 657 g/mol. The Hall–Kier alpha value is -4.06. The van der Waals surface area contributed by atoms with E-state index >= 15 is 8.78 Å². The smallest absolute Gasteiger partial charge is 0.416 e. The molecule has 0 atom stereocenters. The fourth-order valence-electron chi connectivity index (χ4n) is 3.53. The second kappa shape index (κ2) is 12.7. The number of ether oxygens (including phenoxy) is 3. The van der Waals surface area contributed by atoms with Crippen LogP contribution in [0.2, 0.25) is 0 Å². The third kappa shape index (κ3) is 7.67. The SMILES string of the molecule is COc1ccc(CN(C(=N)SC=N)S(=O)(=O)c2cc(F)c(Oc3cc(C(F)(F)F)cc(C(F)(F)F)c3)cc2F)c(OC)c1. The van der Waals surface area contributed by atoms with E-state index in [2.05, 4.69) is 0 Å². The summed E-state index contributed by atoms with van der Waals surface area (Å²) < 4.78 is 151. The van der Waals surface area contributed by atoms with Crippen LogP contribution in [-0.4, -0.2) is 37.7 Å². The molecule has 0 heterocycles. The van der Waals surface area contributed by atoms with E-state index in [1.165, 1.54) is 32.4 Å². The Kier molecular flexibility index (Phi) is 9.85. The number of nitrogens with zero attached hydrogens (tertiary/aromatic N) is 1. The van der Waals surface area contributed by atoms with Crippen molar-refractivity contribution in [2.75, 3.05) is 14.2 Å². The Balaban J connectivity index is 2.07. The lowest BCUT2D eigenvalue weighted by Gasteiger charge is -2.25. The van der Waals surface area contributed by atoms with E-state index in [0.717, 1.165) is 0 Å². The molecule has 0 radical (unpaired) electrons. The normalized spacial score (nSPS) is 12.0. The van der Waals surface area contributed by atoms with Crippen LogP contribution >= 0.6 is 11.8 Å². The van der Waals surface area contributed by atoms with Gasteiger partial charge in [-0.3, -0.25) is 5.41 Å². The van der Waals surface area contributed by atoms with Crippen molar-refractivity contribution in [1.82, 2.24) is 4.31 Å². The van der Waals surface area contributed by atoms with Gasteiger partial charge in [-0.05, 0) is 42.1 Å². The standard InChI is InChI=1S/C25H19F8N3O5S2/c1-39-16-4-3-13(20(8-16)40-2)11-36(23(35)42-12-34)43(37,38)22-10-18(26)21(9-19(22)27)41-17-6-14(24(28,29)30)5-15(7-17)25(31,32)33/h3-10,12,34-35H,11H2,1-2H3. The van der Waals surface area contributed by atoms with Gasteiger partial charge in [0.05, 0.1) is 37.4 Å². The topological polar surface area (TPSA) is 113 Å². The third-order valence-corrected chi connectivity index (χ3v) is 7.99. The van der Waals surface area contributed by atoms with Gasteiger partial charge in [0.1, 0.15) is 28.0 Å². The lowest BCUT2D eigenvalue weighted by molar-refractivity contribution is -0.143. The minimum absolute atomic E-state index is 0.0961. The van der Waals surface area contributed by atoms with Crippen LogP contribution in [0.4, 0.5) is 35.1 Å². The van der Waals surface area contributed by atoms with Gasteiger partial charge in [0, 0.05) is 23.8 Å². The number of amidine groups is 1. The number of hydrogen-bond acceptors (Lipinski definition) is 8. The van der Waals surface area contributed by atoms with Crippen LogP contribution in [0.15, 0.2) is 53.4 Å². The summed E-state index contributed by atoms with van der Waals surface area (Å²) in [5.41, 5.74) is -2.82. The molecule has 0 amide bonds. The maximum Gasteiger partial charge on any atom is 0.416 e. The second-order valence-corrected chi connectivity index (χ2v) is 11.0. The molecule has 43 heavy (non-hydrogen) atoms. The summed E-state index contributed by atoms with van der Waals surface area (Å²) >= 11 is 0.304. The van der Waals surface area contributed by atoms with Gasteiger partial charge in [0.15, 0.2) is 16.7 Å². The number of nitrogens with one attached hydrogen (secondary N) is 2. The Morgan fingerprint density at radius 2 is 1.47 bits per heavy atom. The van der Waals surface area contributed by atoms with E-state index in [9.17, 15) is 34.8 Å². The summed E-state index contributed by atoms with van der Waals surface area (Å²) in [7, 11) is -2.52. The number of sulfonamides is 1. The third-order valence-electron chi connectivity index (χ3n) is 5.55. The van der Waals surface area contributed by atoms with Gasteiger partial charge < -0.3 is 19.6 Å². The van der Waals surface area contributed by atoms with Crippen LogP contribution in [0.25, 0.3) is 0 Å². The molecular weight excluding hydrogens is 638 g/mol. The van der Waals surface area contributed by atoms with E-state index < -0.39 is 73.2 Å². The Bertz CT molecular complexity index is 1610. The van der Waals surface area contributed by atoms with Crippen molar-refractivity contribution in [2.24, 2.45) is 0 Å². The predicted octanol–water partition coefficient (Wildman–Crippen LogP) is 7.28. The number of alkyl halides is 6. The zero-order valence-corrected chi connectivity index (χ0v) is 23.4. The number of halogens is 8. The molecule has 2 N–H and O–H groups in total. The molecule has 232 valence electrons. The van der Waals surface area contributed by atoms with Crippen molar-refractivity contribution < 1.29 is 57.8 Å². The summed E-state index contributed by atoms with van der Waals surface area (Å²) in [6, 6.07) is 4.45. The molecule has 18 heteroatoms. The lowest BCUT2D eigenvalue weighted by atomic mass is 10.1. The van der Waals surface area contributed by atoms with E-state index in [-0.39, 0.29) is 41.6 Å². The van der Waals surface area contributed by atoms with Crippen LogP contribution in [0.3, 0.4) is 0 Å². The molecule has 0 aliphatic carbocycles. The highest BCUT2D eigenvalue weighted by atomic mass is 32.2. The maximum atomic E-state index is 15.2. The van der Waals surface area contributed by atoms with E-state index in [4.69, 9.17) is 25.0 Å². The fraction of sp³-hybridized carbons (Fsp3) is 0.200. The van der Waals surface area contributed by atoms with Gasteiger partial charge in [-0.2, -0.15) is 26.3 Å². The number of benzene rings is 3. The van der Waals surface area contributed by atoms with Crippen molar-refractivity contribution in [1.29, 1.82) is 10.8 Å². The number of rotatable bonds is 9. The summed E-state index contributed by atoms with van der Waals surface area (Å²) in [5.74, 6) is -5.34. The molecule has 0 aromatic heterocycles. The molecule has 0 fully saturated rings. The molecule has 0 aliphatic heterocycles. The summed E-state index contributed by atoms with van der Waals surface area (Å²) in [4.78, 5) is -1.35. The number of methoxy groups -OCH3 is 2. The molecule has 0 aliphatic rings. The van der Waals surface area contributed by atoms with Gasteiger partial charge in [-0.15, -0.1) is 0 Å². The van der Waals surface area contributed by atoms with Gasteiger partial charge in [-0.1, -0.05) is 0 Å². The molecule has 0 unspecified atom stereocenters. The van der Waals surface area contributed by atoms with E-state index in [1.807, 2.05) is 0 Å². The molecule has 3 aromatic carbocycles. The summed E-state index contributed by atoms with van der Waals surface area (Å²) in [6.07, 6.45) is -10.5. The van der Waals surface area contributed by atoms with Crippen molar-refractivity contribution in [3.05, 3.63) is 76.9 Å². The quantitative estimate of drug-likeness (QED) is 0.142. The first-order valence-corrected chi connectivity index (χ1v) is 13.7. The minimum Gasteiger partial charge on any atom is -0.497 e. The van der Waals surface area contributed by atoms with Gasteiger partial charge >= 0.3 is 12.4 Å². The van der Waals surface area contributed by atoms with Crippen molar-refractivity contribution >= 4 is 32.5 Å². The zero-order valence-electron chi connectivity index (χ0n) is 21.7. The highest BCUT2D eigenvalue weighted by Gasteiger charge is 2.38. The molecule has 3 aromatic rings. The van der Waals surface area contributed by atoms with Gasteiger partial charge in [0.2, 0.25) is 0 Å². The van der Waals surface area contributed by atoms with Crippen LogP contribution < -0.4 is 14.2 Å². The van der Waals surface area contributed by atoms with Gasteiger partial charge in [0.25, 0.3) is 10.0 Å². The van der Waals surface area contributed by atoms with Crippen LogP contribution in [-0.2, 0) is 28.9 Å². The first-order chi connectivity index (χ1) is 19.9. The second-order valence-electron chi connectivity index (χ2n) is 8.29. The Labute approximate surface area is 243 Å².